The molecule has 1 aliphatic heterocycles. The normalized spacial score (nSPS) is 14.2. The largest absolute Gasteiger partial charge is 0.494 e. The molecule has 30 heavy (non-hydrogen) atoms. The molecule has 1 aliphatic rings. The zero-order valence-corrected chi connectivity index (χ0v) is 18.7. The van der Waals surface area contributed by atoms with Crippen LogP contribution in [0.4, 0.5) is 11.9 Å². The number of rotatable bonds is 10. The lowest BCUT2D eigenvalue weighted by molar-refractivity contribution is 0.309. The summed E-state index contributed by atoms with van der Waals surface area (Å²) in [6.07, 6.45) is 4.20. The molecular weight excluding hydrogens is 404 g/mol. The monoisotopic (exact) mass is 434 g/mol. The van der Waals surface area contributed by atoms with Crippen LogP contribution in [0.25, 0.3) is 0 Å². The number of nitrogens with one attached hydrogen (secondary N) is 1. The first-order valence-electron chi connectivity index (χ1n) is 10.3. The molecule has 0 radical (unpaired) electrons. The van der Waals surface area contributed by atoms with Crippen LogP contribution in [0.5, 0.6) is 5.75 Å². The first-order valence-corrected chi connectivity index (χ1v) is 11.8. The van der Waals surface area contributed by atoms with Crippen molar-refractivity contribution in [2.45, 2.75) is 44.0 Å². The Labute approximate surface area is 178 Å². The molecule has 9 nitrogen and oxygen atoms in total. The number of unbranched alkanes of at least 4 members (excludes halogenated alkanes) is 1. The van der Waals surface area contributed by atoms with Crippen LogP contribution in [0, 0.1) is 0 Å². The van der Waals surface area contributed by atoms with Crippen LogP contribution < -0.4 is 19.3 Å². The number of anilines is 2. The fraction of sp³-hybridized carbons (Fsp3) is 0.550. The van der Waals surface area contributed by atoms with Crippen molar-refractivity contribution in [3.05, 3.63) is 30.1 Å². The average Bonchev–Trinajstić information content (AvgIpc) is 3.28. The Morgan fingerprint density at radius 2 is 1.80 bits per heavy atom. The minimum Gasteiger partial charge on any atom is -0.494 e. The fourth-order valence-corrected chi connectivity index (χ4v) is 4.01. The number of aromatic nitrogens is 3. The molecule has 0 amide bonds. The van der Waals surface area contributed by atoms with E-state index in [0.29, 0.717) is 30.1 Å². The van der Waals surface area contributed by atoms with Gasteiger partial charge in [0.2, 0.25) is 21.9 Å². The van der Waals surface area contributed by atoms with Crippen molar-refractivity contribution in [1.82, 2.24) is 19.7 Å². The Bertz CT molecular complexity index is 928. The van der Waals surface area contributed by atoms with Crippen molar-refractivity contribution in [2.24, 2.45) is 0 Å². The van der Waals surface area contributed by atoms with E-state index < -0.39 is 10.0 Å². The molecule has 0 aliphatic carbocycles. The molecule has 10 heteroatoms. The third-order valence-corrected chi connectivity index (χ3v) is 6.19. The molecule has 0 spiro atoms. The van der Waals surface area contributed by atoms with E-state index in [1.165, 1.54) is 12.1 Å². The van der Waals surface area contributed by atoms with Crippen molar-refractivity contribution >= 4 is 21.9 Å². The first kappa shape index (κ1) is 22.2. The van der Waals surface area contributed by atoms with Crippen molar-refractivity contribution in [2.75, 3.05) is 43.6 Å². The molecular formula is C20H30N6O3S. The van der Waals surface area contributed by atoms with Gasteiger partial charge in [-0.05, 0) is 43.5 Å². The van der Waals surface area contributed by atoms with E-state index >= 15 is 0 Å². The van der Waals surface area contributed by atoms with E-state index in [9.17, 15) is 8.42 Å². The summed E-state index contributed by atoms with van der Waals surface area (Å²) in [4.78, 5) is 17.4. The zero-order chi connectivity index (χ0) is 21.6. The lowest BCUT2D eigenvalue weighted by atomic mass is 10.3. The summed E-state index contributed by atoms with van der Waals surface area (Å²) in [5, 5.41) is 0. The molecule has 3 rings (SSSR count). The van der Waals surface area contributed by atoms with Crippen molar-refractivity contribution in [3.8, 4) is 5.75 Å². The van der Waals surface area contributed by atoms with Gasteiger partial charge in [0.05, 0.1) is 18.0 Å². The highest BCUT2D eigenvalue weighted by molar-refractivity contribution is 7.89. The zero-order valence-electron chi connectivity index (χ0n) is 17.8. The topological polar surface area (TPSA) is 101 Å². The van der Waals surface area contributed by atoms with Gasteiger partial charge in [0.1, 0.15) is 5.75 Å². The number of ether oxygens (including phenoxy) is 1. The van der Waals surface area contributed by atoms with E-state index in [4.69, 9.17) is 4.74 Å². The van der Waals surface area contributed by atoms with E-state index in [-0.39, 0.29) is 11.4 Å². The summed E-state index contributed by atoms with van der Waals surface area (Å²) in [6, 6.07) is 6.42. The maximum atomic E-state index is 12.7. The van der Waals surface area contributed by atoms with Gasteiger partial charge in [0.15, 0.2) is 5.82 Å². The molecule has 1 aromatic carbocycles. The molecule has 1 saturated heterocycles. The Morgan fingerprint density at radius 3 is 2.43 bits per heavy atom. The molecule has 0 bridgehead atoms. The predicted molar refractivity (Wildman–Crippen MR) is 116 cm³/mol. The number of nitrogens with zero attached hydrogens (tertiary/aromatic N) is 5. The lowest BCUT2D eigenvalue weighted by Gasteiger charge is -2.19. The Morgan fingerprint density at radius 1 is 1.10 bits per heavy atom. The summed E-state index contributed by atoms with van der Waals surface area (Å²) in [5.74, 6) is 2.15. The molecule has 0 unspecified atom stereocenters. The van der Waals surface area contributed by atoms with Crippen molar-refractivity contribution < 1.29 is 13.2 Å². The highest BCUT2D eigenvalue weighted by Gasteiger charge is 2.20. The van der Waals surface area contributed by atoms with E-state index in [0.717, 1.165) is 38.8 Å². The summed E-state index contributed by atoms with van der Waals surface area (Å²) in [5.41, 5.74) is 0. The van der Waals surface area contributed by atoms with Crippen LogP contribution in [0.15, 0.2) is 29.2 Å². The second-order valence-electron chi connectivity index (χ2n) is 7.44. The maximum absolute atomic E-state index is 12.7. The van der Waals surface area contributed by atoms with Crippen molar-refractivity contribution in [1.29, 1.82) is 0 Å². The van der Waals surface area contributed by atoms with Gasteiger partial charge in [-0.25, -0.2) is 13.1 Å². The van der Waals surface area contributed by atoms with Gasteiger partial charge in [0.25, 0.3) is 0 Å². The van der Waals surface area contributed by atoms with Crippen LogP contribution in [0.1, 0.15) is 38.4 Å². The highest BCUT2D eigenvalue weighted by atomic mass is 32.2. The summed E-state index contributed by atoms with van der Waals surface area (Å²) in [6.45, 7) is 4.49. The van der Waals surface area contributed by atoms with Gasteiger partial charge < -0.3 is 14.5 Å². The molecule has 2 aromatic rings. The smallest absolute Gasteiger partial charge is 0.240 e. The van der Waals surface area contributed by atoms with Gasteiger partial charge in [-0.1, -0.05) is 13.3 Å². The molecule has 1 aromatic heterocycles. The first-order chi connectivity index (χ1) is 14.4. The average molecular weight is 435 g/mol. The maximum Gasteiger partial charge on any atom is 0.240 e. The molecule has 164 valence electrons. The number of sulfonamides is 1. The number of hydrogen-bond acceptors (Lipinski definition) is 8. The Balaban J connectivity index is 1.70. The number of hydrogen-bond donors (Lipinski definition) is 1. The quantitative estimate of drug-likeness (QED) is 0.568. The summed E-state index contributed by atoms with van der Waals surface area (Å²) in [7, 11) is -0.00176. The Hall–Kier alpha value is -2.46. The Kier molecular flexibility index (Phi) is 7.43. The molecule has 1 N–H and O–H groups in total. The summed E-state index contributed by atoms with van der Waals surface area (Å²) >= 11 is 0. The predicted octanol–water partition coefficient (Wildman–Crippen LogP) is 2.20. The summed E-state index contributed by atoms with van der Waals surface area (Å²) < 4.78 is 33.6. The van der Waals surface area contributed by atoms with Crippen molar-refractivity contribution in [3.63, 3.8) is 0 Å². The standard InChI is InChI=1S/C20H30N6O3S/c1-4-5-14-29-16-8-10-17(11-9-16)30(27,28)21-15-18-22-19(25(2)3)24-20(23-18)26-12-6-7-13-26/h8-11,21H,4-7,12-15H2,1-3H3. The van der Waals surface area contributed by atoms with Crippen LogP contribution >= 0.6 is 0 Å². The van der Waals surface area contributed by atoms with Gasteiger partial charge in [-0.15, -0.1) is 0 Å². The molecule has 0 saturated carbocycles. The second-order valence-corrected chi connectivity index (χ2v) is 9.21. The third-order valence-electron chi connectivity index (χ3n) is 4.77. The van der Waals surface area contributed by atoms with E-state index in [1.807, 2.05) is 14.1 Å². The molecule has 0 atom stereocenters. The van der Waals surface area contributed by atoms with Gasteiger partial charge in [-0.2, -0.15) is 15.0 Å². The minimum absolute atomic E-state index is 0.0126. The number of benzene rings is 1. The molecule has 1 fully saturated rings. The highest BCUT2D eigenvalue weighted by Crippen LogP contribution is 2.19. The van der Waals surface area contributed by atoms with Crippen LogP contribution in [0.3, 0.4) is 0 Å². The third kappa shape index (κ3) is 5.79. The van der Waals surface area contributed by atoms with Gasteiger partial charge in [0, 0.05) is 27.2 Å². The van der Waals surface area contributed by atoms with E-state index in [1.54, 1.807) is 17.0 Å². The van der Waals surface area contributed by atoms with Gasteiger partial charge >= 0.3 is 0 Å². The second kappa shape index (κ2) is 10.0. The van der Waals surface area contributed by atoms with E-state index in [2.05, 4.69) is 31.5 Å². The van der Waals surface area contributed by atoms with Crippen LogP contribution in [0.2, 0.25) is 0 Å². The molecule has 2 heterocycles. The van der Waals surface area contributed by atoms with Crippen LogP contribution in [-0.2, 0) is 16.6 Å². The minimum atomic E-state index is -3.70. The lowest BCUT2D eigenvalue weighted by Crippen LogP contribution is -2.27. The van der Waals surface area contributed by atoms with Crippen LogP contribution in [-0.4, -0.2) is 57.2 Å². The van der Waals surface area contributed by atoms with Gasteiger partial charge in [-0.3, -0.25) is 0 Å². The fourth-order valence-electron chi connectivity index (χ4n) is 3.03. The SMILES string of the molecule is CCCCOc1ccc(S(=O)(=O)NCc2nc(N(C)C)nc(N3CCCC3)n2)cc1.